The summed E-state index contributed by atoms with van der Waals surface area (Å²) in [6, 6.07) is 0. The molecule has 4 heterocycles. The third-order valence-corrected chi connectivity index (χ3v) is 4.92. The Labute approximate surface area is 135 Å². The van der Waals surface area contributed by atoms with Crippen molar-refractivity contribution in [3.8, 4) is 0 Å². The summed E-state index contributed by atoms with van der Waals surface area (Å²) in [7, 11) is 0. The van der Waals surface area contributed by atoms with Gasteiger partial charge in [0, 0.05) is 19.5 Å². The third kappa shape index (κ3) is 2.73. The van der Waals surface area contributed by atoms with Gasteiger partial charge < -0.3 is 15.0 Å². The second-order valence-electron chi connectivity index (χ2n) is 6.31. The number of ether oxygens (including phenoxy) is 1. The molecule has 122 valence electrons. The van der Waals surface area contributed by atoms with E-state index in [-0.39, 0.29) is 29.8 Å². The summed E-state index contributed by atoms with van der Waals surface area (Å²) in [5.41, 5.74) is -0.152. The molecular weight excluding hydrogens is 306 g/mol. The molecule has 8 heteroatoms. The number of hydrogen-bond acceptors (Lipinski definition) is 5. The first-order valence-electron chi connectivity index (χ1n) is 7.76. The summed E-state index contributed by atoms with van der Waals surface area (Å²) in [5.74, 6) is 1.28. The average molecular weight is 328 g/mol. The molecule has 7 nitrogen and oxygen atoms in total. The van der Waals surface area contributed by atoms with E-state index in [4.69, 9.17) is 4.74 Å². The highest BCUT2D eigenvalue weighted by atomic mass is 35.5. The number of rotatable bonds is 1. The number of carbonyl (C=O) groups excluding carboxylic acids is 1. The molecule has 1 spiro atoms. The van der Waals surface area contributed by atoms with Crippen molar-refractivity contribution in [2.24, 2.45) is 5.92 Å². The SMILES string of the molecule is Cl.O=C(C1CCc2ncnn2C1)N1CCOC2(CCNC2)C1. The van der Waals surface area contributed by atoms with Gasteiger partial charge in [0.05, 0.1) is 31.2 Å². The van der Waals surface area contributed by atoms with E-state index in [9.17, 15) is 4.79 Å². The van der Waals surface area contributed by atoms with E-state index in [1.165, 1.54) is 0 Å². The number of nitrogens with zero attached hydrogens (tertiary/aromatic N) is 4. The lowest BCUT2D eigenvalue weighted by Crippen LogP contribution is -2.56. The Bertz CT molecular complexity index is 543. The van der Waals surface area contributed by atoms with E-state index in [0.29, 0.717) is 19.7 Å². The molecule has 0 aromatic carbocycles. The second kappa shape index (κ2) is 6.14. The van der Waals surface area contributed by atoms with Crippen LogP contribution in [0.4, 0.5) is 0 Å². The van der Waals surface area contributed by atoms with Crippen LogP contribution in [-0.4, -0.2) is 64.0 Å². The molecule has 3 aliphatic heterocycles. The molecule has 1 amide bonds. The Kier molecular flexibility index (Phi) is 4.38. The van der Waals surface area contributed by atoms with Gasteiger partial charge in [-0.15, -0.1) is 12.4 Å². The molecule has 2 atom stereocenters. The highest BCUT2D eigenvalue weighted by Crippen LogP contribution is 2.27. The first-order valence-corrected chi connectivity index (χ1v) is 7.76. The molecule has 22 heavy (non-hydrogen) atoms. The third-order valence-electron chi connectivity index (χ3n) is 4.92. The smallest absolute Gasteiger partial charge is 0.227 e. The molecule has 0 aliphatic carbocycles. The van der Waals surface area contributed by atoms with E-state index in [0.717, 1.165) is 44.7 Å². The highest BCUT2D eigenvalue weighted by Gasteiger charge is 2.42. The maximum Gasteiger partial charge on any atom is 0.227 e. The van der Waals surface area contributed by atoms with E-state index in [1.807, 2.05) is 9.58 Å². The number of nitrogens with one attached hydrogen (secondary N) is 1. The first-order chi connectivity index (χ1) is 10.3. The molecular formula is C14H22ClN5O2. The van der Waals surface area contributed by atoms with Crippen LogP contribution >= 0.6 is 12.4 Å². The minimum atomic E-state index is -0.152. The normalized spacial score (nSPS) is 30.9. The van der Waals surface area contributed by atoms with Crippen molar-refractivity contribution in [2.45, 2.75) is 31.4 Å². The van der Waals surface area contributed by atoms with Gasteiger partial charge in [-0.2, -0.15) is 5.10 Å². The van der Waals surface area contributed by atoms with E-state index < -0.39 is 0 Å². The molecule has 1 N–H and O–H groups in total. The van der Waals surface area contributed by atoms with Crippen molar-refractivity contribution in [3.05, 3.63) is 12.2 Å². The predicted octanol–water partition coefficient (Wildman–Crippen LogP) is -0.147. The van der Waals surface area contributed by atoms with E-state index in [2.05, 4.69) is 15.4 Å². The Hall–Kier alpha value is -1.18. The molecule has 2 fully saturated rings. The zero-order valence-electron chi connectivity index (χ0n) is 12.5. The number of amides is 1. The highest BCUT2D eigenvalue weighted by molar-refractivity contribution is 5.85. The van der Waals surface area contributed by atoms with Crippen LogP contribution in [-0.2, 0) is 22.5 Å². The van der Waals surface area contributed by atoms with Crippen LogP contribution in [0.5, 0.6) is 0 Å². The summed E-state index contributed by atoms with van der Waals surface area (Å²) in [6.07, 6.45) is 4.29. The molecule has 3 aliphatic rings. The Morgan fingerprint density at radius 3 is 3.23 bits per heavy atom. The number of fused-ring (bicyclic) bond motifs is 1. The number of hydrogen-bond donors (Lipinski definition) is 1. The van der Waals surface area contributed by atoms with Gasteiger partial charge in [-0.25, -0.2) is 9.67 Å². The maximum atomic E-state index is 12.8. The minimum absolute atomic E-state index is 0. The molecule has 1 aromatic heterocycles. The summed E-state index contributed by atoms with van der Waals surface area (Å²) in [6.45, 7) is 4.58. The molecule has 2 unspecified atom stereocenters. The number of carbonyl (C=O) groups is 1. The van der Waals surface area contributed by atoms with Gasteiger partial charge in [-0.3, -0.25) is 4.79 Å². The van der Waals surface area contributed by atoms with Crippen molar-refractivity contribution >= 4 is 18.3 Å². The van der Waals surface area contributed by atoms with Crippen LogP contribution in [0.1, 0.15) is 18.7 Å². The largest absolute Gasteiger partial charge is 0.370 e. The summed E-state index contributed by atoms with van der Waals surface area (Å²) in [5, 5.41) is 7.55. The van der Waals surface area contributed by atoms with Gasteiger partial charge in [-0.05, 0) is 19.4 Å². The molecule has 0 radical (unpaired) electrons. The average Bonchev–Trinajstić information content (AvgIpc) is 3.15. The Morgan fingerprint density at radius 2 is 2.41 bits per heavy atom. The van der Waals surface area contributed by atoms with Gasteiger partial charge in [-0.1, -0.05) is 0 Å². The minimum Gasteiger partial charge on any atom is -0.370 e. The van der Waals surface area contributed by atoms with Crippen LogP contribution < -0.4 is 5.32 Å². The van der Waals surface area contributed by atoms with Crippen molar-refractivity contribution < 1.29 is 9.53 Å². The number of morpholine rings is 1. The zero-order valence-corrected chi connectivity index (χ0v) is 13.3. The predicted molar refractivity (Wildman–Crippen MR) is 81.8 cm³/mol. The first kappa shape index (κ1) is 15.7. The number of aryl methyl sites for hydroxylation is 1. The monoisotopic (exact) mass is 327 g/mol. The van der Waals surface area contributed by atoms with Gasteiger partial charge in [0.2, 0.25) is 5.91 Å². The quantitative estimate of drug-likeness (QED) is 0.777. The lowest BCUT2D eigenvalue weighted by molar-refractivity contribution is -0.152. The summed E-state index contributed by atoms with van der Waals surface area (Å²) < 4.78 is 7.83. The van der Waals surface area contributed by atoms with Crippen LogP contribution in [0.15, 0.2) is 6.33 Å². The molecule has 4 rings (SSSR count). The maximum absolute atomic E-state index is 12.8. The summed E-state index contributed by atoms with van der Waals surface area (Å²) in [4.78, 5) is 19.0. The Balaban J connectivity index is 0.00000144. The van der Waals surface area contributed by atoms with Crippen molar-refractivity contribution in [3.63, 3.8) is 0 Å². The fourth-order valence-electron chi connectivity index (χ4n) is 3.71. The number of aromatic nitrogens is 3. The van der Waals surface area contributed by atoms with Gasteiger partial charge >= 0.3 is 0 Å². The van der Waals surface area contributed by atoms with E-state index >= 15 is 0 Å². The van der Waals surface area contributed by atoms with Crippen LogP contribution in [0.25, 0.3) is 0 Å². The summed E-state index contributed by atoms with van der Waals surface area (Å²) >= 11 is 0. The fraction of sp³-hybridized carbons (Fsp3) is 0.786. The molecule has 1 aromatic rings. The fourth-order valence-corrected chi connectivity index (χ4v) is 3.71. The van der Waals surface area contributed by atoms with Gasteiger partial charge in [0.1, 0.15) is 12.2 Å². The van der Waals surface area contributed by atoms with Crippen molar-refractivity contribution in [1.82, 2.24) is 25.0 Å². The van der Waals surface area contributed by atoms with Gasteiger partial charge in [0.15, 0.2) is 0 Å². The topological polar surface area (TPSA) is 72.3 Å². The van der Waals surface area contributed by atoms with Crippen LogP contribution in [0.3, 0.4) is 0 Å². The Morgan fingerprint density at radius 1 is 1.50 bits per heavy atom. The van der Waals surface area contributed by atoms with E-state index in [1.54, 1.807) is 6.33 Å². The van der Waals surface area contributed by atoms with Crippen molar-refractivity contribution in [1.29, 1.82) is 0 Å². The molecule has 0 saturated carbocycles. The lowest BCUT2D eigenvalue weighted by Gasteiger charge is -2.41. The zero-order chi connectivity index (χ0) is 14.3. The van der Waals surface area contributed by atoms with Gasteiger partial charge in [0.25, 0.3) is 0 Å². The van der Waals surface area contributed by atoms with Crippen molar-refractivity contribution in [2.75, 3.05) is 32.8 Å². The standard InChI is InChI=1S/C14H21N5O2.ClH/c20-13(11-1-2-12-16-10-17-19(12)7-11)18-5-6-21-14(9-18)3-4-15-8-14;/h10-11,15H,1-9H2;1H. The number of halogens is 1. The second-order valence-corrected chi connectivity index (χ2v) is 6.31. The lowest BCUT2D eigenvalue weighted by atomic mass is 9.95. The van der Waals surface area contributed by atoms with Crippen LogP contribution in [0, 0.1) is 5.92 Å². The molecule has 2 saturated heterocycles. The molecule has 0 bridgehead atoms. The van der Waals surface area contributed by atoms with Crippen LogP contribution in [0.2, 0.25) is 0 Å².